The summed E-state index contributed by atoms with van der Waals surface area (Å²) in [5.41, 5.74) is 4.28. The third-order valence-electron chi connectivity index (χ3n) is 17.7. The lowest BCUT2D eigenvalue weighted by Gasteiger charge is -2.20. The molecule has 0 aliphatic rings. The van der Waals surface area contributed by atoms with E-state index in [9.17, 15) is 63.6 Å². The second-order valence-corrected chi connectivity index (χ2v) is 29.7. The van der Waals surface area contributed by atoms with Crippen molar-refractivity contribution < 1.29 is 49.0 Å². The fourth-order valence-electron chi connectivity index (χ4n) is 12.3. The summed E-state index contributed by atoms with van der Waals surface area (Å²) in [6.45, 7) is 20.6. The number of ketones is 2. The van der Waals surface area contributed by atoms with Crippen LogP contribution in [-0.4, -0.2) is 138 Å². The highest BCUT2D eigenvalue weighted by atomic mass is 32.1. The zero-order valence-corrected chi connectivity index (χ0v) is 65.3. The number of aliphatic carboxylic acids is 1. The molecule has 0 aliphatic heterocycles. The van der Waals surface area contributed by atoms with Crippen LogP contribution in [0.15, 0.2) is 139 Å². The molecule has 0 bridgehead atoms. The number of rotatable bonds is 25. The minimum atomic E-state index is -1.41. The van der Waals surface area contributed by atoms with E-state index in [1.807, 2.05) is 41.5 Å². The van der Waals surface area contributed by atoms with E-state index in [2.05, 4.69) is 30.6 Å². The third-order valence-corrected chi connectivity index (χ3v) is 21.5. The average Bonchev–Trinajstić information content (AvgIpc) is 1.63. The summed E-state index contributed by atoms with van der Waals surface area (Å²) in [7, 11) is 4.48. The van der Waals surface area contributed by atoms with Gasteiger partial charge in [0.1, 0.15) is 71.1 Å². The maximum Gasteiger partial charge on any atom is 0.333 e. The largest absolute Gasteiger partial charge is 0.496 e. The Kier molecular flexibility index (Phi) is 26.7. The Labute approximate surface area is 635 Å². The minimum Gasteiger partial charge on any atom is -0.496 e. The Morgan fingerprint density at radius 1 is 0.422 bits per heavy atom. The second-order valence-electron chi connectivity index (χ2n) is 26.8. The highest BCUT2D eigenvalue weighted by molar-refractivity contribution is 7.22. The van der Waals surface area contributed by atoms with Crippen LogP contribution in [0.5, 0.6) is 17.2 Å². The molecule has 0 saturated carbocycles. The molecule has 12 rings (SSSR count). The minimum absolute atomic E-state index is 0.0781. The van der Waals surface area contributed by atoms with Crippen molar-refractivity contribution in [2.45, 2.75) is 158 Å². The number of carboxylic acid groups (broad SMARTS) is 1. The maximum atomic E-state index is 13.8. The van der Waals surface area contributed by atoms with E-state index in [0.29, 0.717) is 96.7 Å². The number of hydrogen-bond acceptors (Lipinski definition) is 25. The Hall–Kier alpha value is -11.0. The van der Waals surface area contributed by atoms with E-state index in [1.54, 1.807) is 107 Å². The van der Waals surface area contributed by atoms with Gasteiger partial charge < -0.3 is 40.4 Å². The fourth-order valence-corrected chi connectivity index (χ4v) is 15.9. The van der Waals surface area contributed by atoms with Crippen molar-refractivity contribution in [3.63, 3.8) is 0 Å². The molecule has 0 fully saturated rings. The van der Waals surface area contributed by atoms with Crippen molar-refractivity contribution in [2.75, 3.05) is 21.3 Å². The van der Waals surface area contributed by atoms with Crippen molar-refractivity contribution in [1.82, 2.24) is 72.4 Å². The number of fused-ring (bicyclic) bond motifs is 3. The van der Waals surface area contributed by atoms with Crippen LogP contribution in [0.3, 0.4) is 0 Å². The van der Waals surface area contributed by atoms with E-state index < -0.39 is 76.2 Å². The summed E-state index contributed by atoms with van der Waals surface area (Å²) < 4.78 is 22.7. The molecule has 32 nitrogen and oxygen atoms in total. The Morgan fingerprint density at radius 2 is 0.661 bits per heavy atom. The number of nitrogens with two attached hydrogens (primary N) is 1. The third kappa shape index (κ3) is 17.3. The highest BCUT2D eigenvalue weighted by Gasteiger charge is 2.33. The van der Waals surface area contributed by atoms with Gasteiger partial charge in [-0.3, -0.25) is 37.7 Å². The Bertz CT molecular complexity index is 5390. The van der Waals surface area contributed by atoms with Gasteiger partial charge >= 0.3 is 23.0 Å². The van der Waals surface area contributed by atoms with Crippen molar-refractivity contribution in [2.24, 2.45) is 17.6 Å². The van der Waals surface area contributed by atoms with E-state index >= 15 is 0 Å². The SMILES string of the molecule is CC(C)N.COc1ccccc1[C@@H](O)Cn1c(=O)n(C(C)C(=O)CC(C)C)c(=O)c2c(C)c(-n3nccn3)sc21.COc1ccccc1[C@@H](O)Cn1c(=O)n(C(C)C(=O)O)c(=O)c2c(C)c(-n3nccn3)sc21.COc1ccccc1[C@@H](O)Cn1c(=O)n([C@H](C)C(=O)CC(C)C)c(=O)c2c(C)c(-n3nccn3)sc21. The van der Waals surface area contributed by atoms with Gasteiger partial charge in [-0.15, -0.1) is 14.4 Å². The first-order chi connectivity index (χ1) is 51.8. The number of aryl methyl sites for hydroxylation is 3. The van der Waals surface area contributed by atoms with Crippen LogP contribution in [-0.2, 0) is 34.0 Å². The normalized spacial score (nSPS) is 13.1. The second kappa shape index (κ2) is 35.4. The number of hydrogen-bond donors (Lipinski definition) is 5. The molecule has 109 heavy (non-hydrogen) atoms. The smallest absolute Gasteiger partial charge is 0.333 e. The molecule has 3 aromatic carbocycles. The zero-order valence-electron chi connectivity index (χ0n) is 62.8. The maximum absolute atomic E-state index is 13.8. The van der Waals surface area contributed by atoms with Gasteiger partial charge in [0.25, 0.3) is 16.7 Å². The number of aliphatic hydroxyl groups is 3. The van der Waals surface area contributed by atoms with Crippen molar-refractivity contribution >= 4 is 82.2 Å². The number of carbonyl (C=O) groups excluding carboxylic acids is 2. The number of benzene rings is 3. The molecule has 578 valence electrons. The molecule has 0 aliphatic carbocycles. The molecule has 0 spiro atoms. The van der Waals surface area contributed by atoms with Crippen molar-refractivity contribution in [3.05, 3.63) is 206 Å². The molecule has 2 unspecified atom stereocenters. The first kappa shape index (κ1) is 82.1. The van der Waals surface area contributed by atoms with Crippen LogP contribution in [0.4, 0.5) is 0 Å². The molecule has 6 atom stereocenters. The number of ether oxygens (including phenoxy) is 3. The Morgan fingerprint density at radius 3 is 0.890 bits per heavy atom. The van der Waals surface area contributed by atoms with Crippen molar-refractivity contribution in [1.29, 1.82) is 0 Å². The van der Waals surface area contributed by atoms with Gasteiger partial charge in [-0.1, -0.05) is 130 Å². The quantitative estimate of drug-likeness (QED) is 0.0362. The number of thiophene rings is 3. The number of Topliss-reactive ketones (excluding diaryl/α,β-unsaturated/α-hetero) is 2. The lowest BCUT2D eigenvalue weighted by atomic mass is 10.0. The number of carbonyl (C=O) groups is 3. The fraction of sp³-hybridized carbons (Fsp3) is 0.392. The van der Waals surface area contributed by atoms with Gasteiger partial charge in [-0.2, -0.15) is 30.6 Å². The van der Waals surface area contributed by atoms with Gasteiger partial charge in [0.05, 0.1) is 106 Å². The van der Waals surface area contributed by atoms with Crippen LogP contribution in [0.25, 0.3) is 45.7 Å². The summed E-state index contributed by atoms with van der Waals surface area (Å²) in [5, 5.41) is 70.1. The van der Waals surface area contributed by atoms with Gasteiger partial charge in [0.2, 0.25) is 0 Å². The van der Waals surface area contributed by atoms with Crippen LogP contribution < -0.4 is 53.7 Å². The molecule has 0 amide bonds. The number of para-hydroxylation sites is 3. The summed E-state index contributed by atoms with van der Waals surface area (Å²) in [4.78, 5) is 124. The van der Waals surface area contributed by atoms with Crippen LogP contribution in [0.1, 0.15) is 145 Å². The number of methoxy groups -OCH3 is 3. The van der Waals surface area contributed by atoms with E-state index in [-0.39, 0.29) is 66.1 Å². The van der Waals surface area contributed by atoms with Crippen LogP contribution in [0, 0.1) is 32.6 Å². The van der Waals surface area contributed by atoms with E-state index in [4.69, 9.17) is 19.9 Å². The molecular formula is C74H88N16O16S3. The molecule has 0 radical (unpaired) electrons. The number of carboxylic acids is 1. The van der Waals surface area contributed by atoms with E-state index in [0.717, 1.165) is 20.5 Å². The first-order valence-electron chi connectivity index (χ1n) is 34.7. The predicted molar refractivity (Wildman–Crippen MR) is 414 cm³/mol. The molecule has 6 N–H and O–H groups in total. The summed E-state index contributed by atoms with van der Waals surface area (Å²) in [6, 6.07) is 17.8. The van der Waals surface area contributed by atoms with Crippen LogP contribution >= 0.6 is 34.0 Å². The number of aromatic nitrogens is 15. The predicted octanol–water partition coefficient (Wildman–Crippen LogP) is 7.92. The summed E-state index contributed by atoms with van der Waals surface area (Å²) in [5.74, 6) is -0.190. The number of aliphatic hydroxyl groups excluding tert-OH is 3. The highest BCUT2D eigenvalue weighted by Crippen LogP contribution is 2.37. The Balaban J connectivity index is 0.000000184. The van der Waals surface area contributed by atoms with E-state index in [1.165, 1.54) is 116 Å². The standard InChI is InChI=1S/2C25H29N5O5S.C21H21N5O6S.C3H9N/c2*1-14(2)12-18(31)16(4)29-22(33)21-15(3)23(30-26-10-11-27-30)36-24(21)28(25(29)34)13-19(32)17-8-6-7-9-20(17)35-5;1-11-16-17(28)25(12(2)20(29)30)21(31)24(19(16)33-18(11)26-22-8-9-23-26)10-14(27)13-6-4-5-7-15(13)32-3;1-3(2)4/h2*6-11,14,16,19,32H,12-13H2,1-5H3;4-9,12,14,27H,10H2,1-3H3,(H,29,30);3H,4H2,1-2H3/t16?,19-;16-,19+;12?,14-;/m010./s1. The van der Waals surface area contributed by atoms with Gasteiger partial charge in [-0.05, 0) is 77.6 Å². The molecule has 9 aromatic heterocycles. The molecule has 12 aromatic rings. The monoisotopic (exact) mass is 1550 g/mol. The average molecular weight is 1550 g/mol. The zero-order chi connectivity index (χ0) is 79.7. The molecule has 35 heteroatoms. The lowest BCUT2D eigenvalue weighted by molar-refractivity contribution is -0.140. The van der Waals surface area contributed by atoms with Gasteiger partial charge in [0, 0.05) is 46.2 Å². The molecule has 0 saturated heterocycles. The van der Waals surface area contributed by atoms with Gasteiger partial charge in [-0.25, -0.2) is 32.9 Å². The van der Waals surface area contributed by atoms with Crippen LogP contribution in [0.2, 0.25) is 0 Å². The first-order valence-corrected chi connectivity index (χ1v) is 37.2. The topological polar surface area (TPSA) is 410 Å². The molecular weight excluding hydrogens is 1470 g/mol. The molecule has 9 heterocycles. The van der Waals surface area contributed by atoms with Crippen molar-refractivity contribution in [3.8, 4) is 32.3 Å². The number of nitrogens with zero attached hydrogens (tertiary/aromatic N) is 15. The summed E-state index contributed by atoms with van der Waals surface area (Å²) >= 11 is 3.48. The summed E-state index contributed by atoms with van der Waals surface area (Å²) in [6.07, 6.45) is 6.13. The lowest BCUT2D eigenvalue weighted by Crippen LogP contribution is -2.44. The van der Waals surface area contributed by atoms with Gasteiger partial charge in [0.15, 0.2) is 11.6 Å².